The molecule has 5 nitrogen and oxygen atoms in total. The number of para-hydroxylation sites is 1. The van der Waals surface area contributed by atoms with E-state index in [-0.39, 0.29) is 11.3 Å². The van der Waals surface area contributed by atoms with E-state index in [1.807, 2.05) is 0 Å². The second-order valence-electron chi connectivity index (χ2n) is 4.08. The molecule has 2 aromatic rings. The van der Waals surface area contributed by atoms with Crippen LogP contribution in [0.4, 0.5) is 18.9 Å². The normalized spacial score (nSPS) is 11.3. The van der Waals surface area contributed by atoms with Crippen LogP contribution in [0.3, 0.4) is 0 Å². The number of aromatic nitrogens is 1. The highest BCUT2D eigenvalue weighted by molar-refractivity contribution is 6.33. The van der Waals surface area contributed by atoms with Crippen LogP contribution in [-0.2, 0) is 4.84 Å². The SMILES string of the molecule is Nc1c(C(=O)NOC(F)(F)F)cccc1-c1ncccc1Cl. The predicted octanol–water partition coefficient (Wildman–Crippen LogP) is 3.17. The van der Waals surface area contributed by atoms with Crippen LogP contribution >= 0.6 is 11.6 Å². The zero-order valence-electron chi connectivity index (χ0n) is 10.8. The number of benzene rings is 1. The van der Waals surface area contributed by atoms with Crippen LogP contribution in [0.5, 0.6) is 0 Å². The first-order chi connectivity index (χ1) is 10.3. The Hall–Kier alpha value is -2.32. The van der Waals surface area contributed by atoms with Crippen molar-refractivity contribution >= 4 is 23.2 Å². The highest BCUT2D eigenvalue weighted by Gasteiger charge is 2.31. The summed E-state index contributed by atoms with van der Waals surface area (Å²) in [5.41, 5.74) is 7.49. The maximum atomic E-state index is 11.9. The molecule has 0 bridgehead atoms. The fourth-order valence-corrected chi connectivity index (χ4v) is 1.94. The quantitative estimate of drug-likeness (QED) is 0.669. The van der Waals surface area contributed by atoms with E-state index in [1.165, 1.54) is 23.8 Å². The molecule has 1 aromatic heterocycles. The van der Waals surface area contributed by atoms with E-state index in [1.54, 1.807) is 18.2 Å². The highest BCUT2D eigenvalue weighted by atomic mass is 35.5. The lowest BCUT2D eigenvalue weighted by Gasteiger charge is -2.12. The van der Waals surface area contributed by atoms with Crippen molar-refractivity contribution in [2.24, 2.45) is 0 Å². The Balaban J connectivity index is 2.34. The maximum absolute atomic E-state index is 11.9. The largest absolute Gasteiger partial charge is 0.543 e. The minimum absolute atomic E-state index is 0.0635. The summed E-state index contributed by atoms with van der Waals surface area (Å²) in [6.07, 6.45) is -3.52. The molecule has 0 aliphatic heterocycles. The van der Waals surface area contributed by atoms with Crippen LogP contribution in [0.25, 0.3) is 11.3 Å². The van der Waals surface area contributed by atoms with Gasteiger partial charge in [-0.25, -0.2) is 5.48 Å². The van der Waals surface area contributed by atoms with E-state index in [0.717, 1.165) is 0 Å². The molecule has 0 unspecified atom stereocenters. The van der Waals surface area contributed by atoms with Crippen LogP contribution in [0, 0.1) is 0 Å². The molecule has 0 fully saturated rings. The number of rotatable bonds is 3. The van der Waals surface area contributed by atoms with Crippen LogP contribution in [0.1, 0.15) is 10.4 Å². The van der Waals surface area contributed by atoms with Gasteiger partial charge >= 0.3 is 6.36 Å². The standard InChI is InChI=1S/C13H9ClF3N3O2/c14-9-5-2-6-19-11(9)7-3-1-4-8(10(7)18)12(21)20-22-13(15,16)17/h1-6H,18H2,(H,20,21). The van der Waals surface area contributed by atoms with E-state index in [4.69, 9.17) is 17.3 Å². The highest BCUT2D eigenvalue weighted by Crippen LogP contribution is 2.31. The number of hydrogen-bond donors (Lipinski definition) is 2. The molecule has 9 heteroatoms. The molecule has 1 amide bonds. The third-order valence-electron chi connectivity index (χ3n) is 2.62. The zero-order chi connectivity index (χ0) is 16.3. The maximum Gasteiger partial charge on any atom is 0.543 e. The second-order valence-corrected chi connectivity index (χ2v) is 4.49. The number of nitrogens with two attached hydrogens (primary N) is 1. The first-order valence-electron chi connectivity index (χ1n) is 5.84. The molecule has 116 valence electrons. The summed E-state index contributed by atoms with van der Waals surface area (Å²) in [6, 6.07) is 7.42. The number of carbonyl (C=O) groups is 1. The van der Waals surface area contributed by atoms with Gasteiger partial charge < -0.3 is 5.73 Å². The van der Waals surface area contributed by atoms with Gasteiger partial charge in [-0.15, -0.1) is 13.2 Å². The number of nitrogens with one attached hydrogen (secondary N) is 1. The number of hydrogen-bond acceptors (Lipinski definition) is 4. The van der Waals surface area contributed by atoms with Crippen LogP contribution in [-0.4, -0.2) is 17.3 Å². The minimum atomic E-state index is -4.99. The van der Waals surface area contributed by atoms with E-state index in [0.29, 0.717) is 16.3 Å². The molecule has 0 saturated carbocycles. The number of halogens is 4. The summed E-state index contributed by atoms with van der Waals surface area (Å²) in [5, 5.41) is 0.290. The monoisotopic (exact) mass is 331 g/mol. The molecule has 22 heavy (non-hydrogen) atoms. The van der Waals surface area contributed by atoms with Gasteiger partial charge in [0.15, 0.2) is 0 Å². The van der Waals surface area contributed by atoms with Gasteiger partial charge in [-0.05, 0) is 18.2 Å². The van der Waals surface area contributed by atoms with Crippen molar-refractivity contribution < 1.29 is 22.8 Å². The van der Waals surface area contributed by atoms with Crippen molar-refractivity contribution in [2.45, 2.75) is 6.36 Å². The predicted molar refractivity (Wildman–Crippen MR) is 73.7 cm³/mol. The summed E-state index contributed by atoms with van der Waals surface area (Å²) in [5.74, 6) is -1.14. The number of pyridine rings is 1. The molecule has 1 heterocycles. The summed E-state index contributed by atoms with van der Waals surface area (Å²) < 4.78 is 35.8. The van der Waals surface area contributed by atoms with Gasteiger partial charge in [0.1, 0.15) is 0 Å². The van der Waals surface area contributed by atoms with E-state index in [2.05, 4.69) is 9.82 Å². The molecule has 1 aromatic carbocycles. The van der Waals surface area contributed by atoms with Crippen LogP contribution in [0.15, 0.2) is 36.5 Å². The Morgan fingerprint density at radius 3 is 2.64 bits per heavy atom. The topological polar surface area (TPSA) is 77.2 Å². The van der Waals surface area contributed by atoms with Crippen LogP contribution in [0.2, 0.25) is 5.02 Å². The molecular weight excluding hydrogens is 323 g/mol. The summed E-state index contributed by atoms with van der Waals surface area (Å²) in [7, 11) is 0. The Labute approximate surface area is 127 Å². The first kappa shape index (κ1) is 16.1. The zero-order valence-corrected chi connectivity index (χ0v) is 11.6. The van der Waals surface area contributed by atoms with E-state index < -0.39 is 12.3 Å². The molecule has 3 N–H and O–H groups in total. The summed E-state index contributed by atoms with van der Waals surface area (Å²) >= 11 is 5.99. The van der Waals surface area contributed by atoms with Crippen LogP contribution < -0.4 is 11.2 Å². The van der Waals surface area contributed by atoms with E-state index >= 15 is 0 Å². The van der Waals surface area contributed by atoms with Gasteiger partial charge in [0.2, 0.25) is 0 Å². The number of alkyl halides is 3. The van der Waals surface area contributed by atoms with Crippen molar-refractivity contribution in [3.63, 3.8) is 0 Å². The third-order valence-corrected chi connectivity index (χ3v) is 2.93. The molecule has 2 rings (SSSR count). The average molecular weight is 332 g/mol. The van der Waals surface area contributed by atoms with Crippen molar-refractivity contribution in [1.82, 2.24) is 10.5 Å². The van der Waals surface area contributed by atoms with Crippen molar-refractivity contribution in [3.05, 3.63) is 47.1 Å². The Morgan fingerprint density at radius 2 is 2.00 bits per heavy atom. The van der Waals surface area contributed by atoms with Crippen molar-refractivity contribution in [2.75, 3.05) is 5.73 Å². The Morgan fingerprint density at radius 1 is 1.27 bits per heavy atom. The van der Waals surface area contributed by atoms with Gasteiger partial charge in [-0.1, -0.05) is 23.7 Å². The number of anilines is 1. The minimum Gasteiger partial charge on any atom is -0.398 e. The fourth-order valence-electron chi connectivity index (χ4n) is 1.71. The van der Waals surface area contributed by atoms with Gasteiger partial charge in [0, 0.05) is 11.8 Å². The average Bonchev–Trinajstić information content (AvgIpc) is 2.45. The Kier molecular flexibility index (Phi) is 4.53. The Bertz CT molecular complexity index is 707. The number of carbonyl (C=O) groups excluding carboxylic acids is 1. The second kappa shape index (κ2) is 6.20. The number of amides is 1. The molecule has 0 saturated heterocycles. The molecule has 0 aliphatic carbocycles. The number of hydroxylamine groups is 1. The molecular formula is C13H9ClF3N3O2. The van der Waals surface area contributed by atoms with Crippen molar-refractivity contribution in [3.8, 4) is 11.3 Å². The lowest BCUT2D eigenvalue weighted by atomic mass is 10.0. The third kappa shape index (κ3) is 3.66. The molecule has 0 atom stereocenters. The molecule has 0 radical (unpaired) electrons. The summed E-state index contributed by atoms with van der Waals surface area (Å²) in [6.45, 7) is 0. The fraction of sp³-hybridized carbons (Fsp3) is 0.0769. The smallest absolute Gasteiger partial charge is 0.398 e. The molecule has 0 spiro atoms. The lowest BCUT2D eigenvalue weighted by molar-refractivity contribution is -0.343. The molecule has 0 aliphatic rings. The first-order valence-corrected chi connectivity index (χ1v) is 6.22. The van der Waals surface area contributed by atoms with Gasteiger partial charge in [-0.2, -0.15) is 4.84 Å². The lowest BCUT2D eigenvalue weighted by Crippen LogP contribution is -2.31. The van der Waals surface area contributed by atoms with Crippen molar-refractivity contribution in [1.29, 1.82) is 0 Å². The summed E-state index contributed by atoms with van der Waals surface area (Å²) in [4.78, 5) is 19.0. The number of nitrogens with zero attached hydrogens (tertiary/aromatic N) is 1. The van der Waals surface area contributed by atoms with Gasteiger partial charge in [-0.3, -0.25) is 9.78 Å². The number of nitrogen functional groups attached to an aromatic ring is 1. The van der Waals surface area contributed by atoms with E-state index in [9.17, 15) is 18.0 Å². The van der Waals surface area contributed by atoms with Gasteiger partial charge in [0.05, 0.1) is 22.0 Å². The van der Waals surface area contributed by atoms with Gasteiger partial charge in [0.25, 0.3) is 5.91 Å².